The molecule has 1 aromatic heterocycles. The van der Waals surface area contributed by atoms with Gasteiger partial charge in [-0.05, 0) is 25.0 Å². The number of nitrogens with zero attached hydrogens (tertiary/aromatic N) is 4. The summed E-state index contributed by atoms with van der Waals surface area (Å²) < 4.78 is 1.81. The summed E-state index contributed by atoms with van der Waals surface area (Å²) >= 11 is 7.63. The van der Waals surface area contributed by atoms with Gasteiger partial charge in [0.05, 0.1) is 5.75 Å². The van der Waals surface area contributed by atoms with Crippen molar-refractivity contribution in [2.75, 3.05) is 5.75 Å². The minimum absolute atomic E-state index is 0.0762. The highest BCUT2D eigenvalue weighted by atomic mass is 35.5. The van der Waals surface area contributed by atoms with Gasteiger partial charge in [-0.1, -0.05) is 48.5 Å². The van der Waals surface area contributed by atoms with E-state index in [4.69, 9.17) is 11.6 Å². The molecule has 1 aromatic carbocycles. The average Bonchev–Trinajstić information content (AvgIpc) is 2.96. The van der Waals surface area contributed by atoms with E-state index in [1.54, 1.807) is 10.9 Å². The largest absolute Gasteiger partial charge is 0.335 e. The molecule has 23 heavy (non-hydrogen) atoms. The number of aromatic nitrogens is 3. The van der Waals surface area contributed by atoms with Crippen LogP contribution >= 0.6 is 23.4 Å². The molecule has 0 aliphatic rings. The van der Waals surface area contributed by atoms with E-state index in [-0.39, 0.29) is 11.9 Å². The second-order valence-corrected chi connectivity index (χ2v) is 6.73. The number of hydrogen-bond acceptors (Lipinski definition) is 4. The van der Waals surface area contributed by atoms with Gasteiger partial charge in [-0.3, -0.25) is 4.79 Å². The topological polar surface area (TPSA) is 51.0 Å². The van der Waals surface area contributed by atoms with Gasteiger partial charge in [-0.15, -0.1) is 10.2 Å². The van der Waals surface area contributed by atoms with Crippen molar-refractivity contribution in [3.8, 4) is 0 Å². The first kappa shape index (κ1) is 17.8. The molecule has 2 rings (SSSR count). The third-order valence-corrected chi connectivity index (χ3v) is 5.12. The van der Waals surface area contributed by atoms with E-state index >= 15 is 0 Å². The van der Waals surface area contributed by atoms with E-state index in [0.717, 1.165) is 17.1 Å². The predicted octanol–water partition coefficient (Wildman–Crippen LogP) is 3.39. The van der Waals surface area contributed by atoms with Gasteiger partial charge in [0.25, 0.3) is 0 Å². The van der Waals surface area contributed by atoms with Gasteiger partial charge in [0.15, 0.2) is 5.16 Å². The quantitative estimate of drug-likeness (QED) is 0.717. The minimum Gasteiger partial charge on any atom is -0.335 e. The third-order valence-electron chi connectivity index (χ3n) is 3.74. The van der Waals surface area contributed by atoms with Gasteiger partial charge in [0.1, 0.15) is 6.33 Å². The number of hydrogen-bond donors (Lipinski definition) is 0. The van der Waals surface area contributed by atoms with Crippen LogP contribution in [0, 0.1) is 0 Å². The first-order valence-electron chi connectivity index (χ1n) is 7.52. The minimum atomic E-state index is 0.0762. The van der Waals surface area contributed by atoms with Crippen LogP contribution in [0.5, 0.6) is 0 Å². The van der Waals surface area contributed by atoms with Gasteiger partial charge >= 0.3 is 0 Å². The molecule has 0 fully saturated rings. The fourth-order valence-electron chi connectivity index (χ4n) is 2.13. The smallest absolute Gasteiger partial charge is 0.233 e. The van der Waals surface area contributed by atoms with Crippen LogP contribution < -0.4 is 0 Å². The Morgan fingerprint density at radius 3 is 2.78 bits per heavy atom. The maximum Gasteiger partial charge on any atom is 0.233 e. The lowest BCUT2D eigenvalue weighted by molar-refractivity contribution is -0.131. The number of carbonyl (C=O) groups is 1. The molecule has 0 bridgehead atoms. The monoisotopic (exact) mass is 352 g/mol. The average molecular weight is 353 g/mol. The van der Waals surface area contributed by atoms with Gasteiger partial charge < -0.3 is 9.47 Å². The molecule has 0 saturated heterocycles. The summed E-state index contributed by atoms with van der Waals surface area (Å²) in [6.07, 6.45) is 2.52. The van der Waals surface area contributed by atoms with E-state index in [9.17, 15) is 4.79 Å². The second kappa shape index (κ2) is 8.36. The van der Waals surface area contributed by atoms with E-state index < -0.39 is 0 Å². The van der Waals surface area contributed by atoms with Crippen molar-refractivity contribution in [3.63, 3.8) is 0 Å². The Morgan fingerprint density at radius 1 is 1.43 bits per heavy atom. The molecule has 0 aliphatic heterocycles. The Hall–Kier alpha value is -1.53. The molecule has 0 radical (unpaired) electrons. The molecule has 0 unspecified atom stereocenters. The first-order chi connectivity index (χ1) is 11.0. The van der Waals surface area contributed by atoms with E-state index in [1.807, 2.05) is 36.2 Å². The van der Waals surface area contributed by atoms with Crippen LogP contribution in [-0.2, 0) is 18.4 Å². The summed E-state index contributed by atoms with van der Waals surface area (Å²) in [7, 11) is 1.86. The molecule has 1 atom stereocenters. The van der Waals surface area contributed by atoms with Crippen LogP contribution in [0.1, 0.15) is 25.8 Å². The van der Waals surface area contributed by atoms with Crippen molar-refractivity contribution in [3.05, 3.63) is 41.2 Å². The second-order valence-electron chi connectivity index (χ2n) is 5.38. The lowest BCUT2D eigenvalue weighted by Gasteiger charge is -2.29. The van der Waals surface area contributed by atoms with Crippen molar-refractivity contribution in [1.82, 2.24) is 19.7 Å². The lowest BCUT2D eigenvalue weighted by Crippen LogP contribution is -2.39. The Bertz CT molecular complexity index is 661. The molecule has 5 nitrogen and oxygen atoms in total. The van der Waals surface area contributed by atoms with E-state index in [0.29, 0.717) is 17.3 Å². The molecule has 124 valence electrons. The number of rotatable bonds is 7. The summed E-state index contributed by atoms with van der Waals surface area (Å²) in [6, 6.07) is 7.80. The summed E-state index contributed by atoms with van der Waals surface area (Å²) in [5, 5.41) is 9.24. The van der Waals surface area contributed by atoms with Crippen LogP contribution in [0.25, 0.3) is 0 Å². The SMILES string of the molecule is CC[C@H](C)N(Cc1ccccc1Cl)C(=O)CSc1nncn1C. The molecule has 0 N–H and O–H groups in total. The van der Waals surface area contributed by atoms with Crippen molar-refractivity contribution >= 4 is 29.3 Å². The van der Waals surface area contributed by atoms with Gasteiger partial charge in [0, 0.05) is 24.7 Å². The molecular weight excluding hydrogens is 332 g/mol. The summed E-state index contributed by atoms with van der Waals surface area (Å²) in [6.45, 7) is 4.65. The number of amides is 1. The Kier molecular flexibility index (Phi) is 6.47. The Morgan fingerprint density at radius 2 is 2.17 bits per heavy atom. The van der Waals surface area contributed by atoms with Crippen LogP contribution in [0.2, 0.25) is 5.02 Å². The van der Waals surface area contributed by atoms with Crippen molar-refractivity contribution in [2.24, 2.45) is 7.05 Å². The normalized spacial score (nSPS) is 12.2. The maximum absolute atomic E-state index is 12.7. The van der Waals surface area contributed by atoms with Crippen LogP contribution in [0.3, 0.4) is 0 Å². The molecule has 7 heteroatoms. The summed E-state index contributed by atoms with van der Waals surface area (Å²) in [4.78, 5) is 14.5. The van der Waals surface area contributed by atoms with E-state index in [2.05, 4.69) is 24.0 Å². The van der Waals surface area contributed by atoms with Crippen molar-refractivity contribution < 1.29 is 4.79 Å². The van der Waals surface area contributed by atoms with Crippen LogP contribution in [0.4, 0.5) is 0 Å². The Balaban J connectivity index is 2.07. The molecule has 0 saturated carbocycles. The van der Waals surface area contributed by atoms with Crippen molar-refractivity contribution in [1.29, 1.82) is 0 Å². The standard InChI is InChI=1S/C16H21ClN4OS/c1-4-12(2)21(9-13-7-5-6-8-14(13)17)15(22)10-23-16-19-18-11-20(16)3/h5-8,11-12H,4,9-10H2,1-3H3/t12-/m0/s1. The highest BCUT2D eigenvalue weighted by molar-refractivity contribution is 7.99. The highest BCUT2D eigenvalue weighted by Gasteiger charge is 2.21. The van der Waals surface area contributed by atoms with Gasteiger partial charge in [-0.25, -0.2) is 0 Å². The Labute approximate surface area is 146 Å². The van der Waals surface area contributed by atoms with Crippen LogP contribution in [-0.4, -0.2) is 37.4 Å². The molecule has 2 aromatic rings. The number of carbonyl (C=O) groups excluding carboxylic acids is 1. The first-order valence-corrected chi connectivity index (χ1v) is 8.89. The van der Waals surface area contributed by atoms with Gasteiger partial charge in [0.2, 0.25) is 5.91 Å². The zero-order valence-electron chi connectivity index (χ0n) is 13.6. The maximum atomic E-state index is 12.7. The summed E-state index contributed by atoms with van der Waals surface area (Å²) in [5.74, 6) is 0.411. The number of benzene rings is 1. The lowest BCUT2D eigenvalue weighted by atomic mass is 10.1. The molecule has 1 amide bonds. The van der Waals surface area contributed by atoms with E-state index in [1.165, 1.54) is 11.8 Å². The third kappa shape index (κ3) is 4.72. The van der Waals surface area contributed by atoms with Gasteiger partial charge in [-0.2, -0.15) is 0 Å². The zero-order chi connectivity index (χ0) is 16.8. The van der Waals surface area contributed by atoms with Crippen molar-refractivity contribution in [2.45, 2.75) is 38.0 Å². The number of halogens is 1. The predicted molar refractivity (Wildman–Crippen MR) is 93.5 cm³/mol. The molecule has 0 spiro atoms. The summed E-state index contributed by atoms with van der Waals surface area (Å²) in [5.41, 5.74) is 0.964. The molecule has 0 aliphatic carbocycles. The zero-order valence-corrected chi connectivity index (χ0v) is 15.1. The number of aryl methyl sites for hydroxylation is 1. The molecule has 1 heterocycles. The number of thioether (sulfide) groups is 1. The fourth-order valence-corrected chi connectivity index (χ4v) is 3.10. The highest BCUT2D eigenvalue weighted by Crippen LogP contribution is 2.21. The van der Waals surface area contributed by atoms with Crippen LogP contribution in [0.15, 0.2) is 35.7 Å². The molecular formula is C16H21ClN4OS. The fraction of sp³-hybridized carbons (Fsp3) is 0.438.